The molecule has 2 aliphatic rings. The number of carbonyl (C=O) groups excluding carboxylic acids is 2. The van der Waals surface area contributed by atoms with Crippen LogP contribution in [0.4, 0.5) is 0 Å². The van der Waals surface area contributed by atoms with Crippen LogP contribution >= 0.6 is 0 Å². The number of aryl methyl sites for hydroxylation is 1. The molecule has 136 valence electrons. The molecule has 1 amide bonds. The second-order valence-corrected chi connectivity index (χ2v) is 7.64. The van der Waals surface area contributed by atoms with Crippen LogP contribution in [0.3, 0.4) is 0 Å². The fourth-order valence-electron chi connectivity index (χ4n) is 4.23. The number of piperidine rings is 1. The third-order valence-corrected chi connectivity index (χ3v) is 5.77. The number of benzene rings is 1. The van der Waals surface area contributed by atoms with Gasteiger partial charge in [0.1, 0.15) is 0 Å². The van der Waals surface area contributed by atoms with Crippen molar-refractivity contribution in [2.45, 2.75) is 76.4 Å². The summed E-state index contributed by atoms with van der Waals surface area (Å²) in [4.78, 5) is 26.7. The Bertz CT molecular complexity index is 599. The topological polar surface area (TPSA) is 49.4 Å². The normalized spacial score (nSPS) is 25.0. The van der Waals surface area contributed by atoms with Crippen molar-refractivity contribution in [2.24, 2.45) is 0 Å². The van der Waals surface area contributed by atoms with Gasteiger partial charge in [-0.05, 0) is 37.7 Å². The van der Waals surface area contributed by atoms with E-state index < -0.39 is 0 Å². The predicted octanol–water partition coefficient (Wildman–Crippen LogP) is 3.34. The molecule has 1 aromatic rings. The lowest BCUT2D eigenvalue weighted by Crippen LogP contribution is -2.48. The highest BCUT2D eigenvalue weighted by Crippen LogP contribution is 2.29. The Labute approximate surface area is 151 Å². The first-order valence-corrected chi connectivity index (χ1v) is 9.70. The van der Waals surface area contributed by atoms with E-state index in [0.717, 1.165) is 31.2 Å². The number of hydrogen-bond acceptors (Lipinski definition) is 3. The molecule has 4 nitrogen and oxygen atoms in total. The van der Waals surface area contributed by atoms with E-state index in [1.54, 1.807) is 0 Å². The fraction of sp³-hybridized carbons (Fsp3) is 0.619. The van der Waals surface area contributed by atoms with Crippen LogP contribution in [0, 0.1) is 0 Å². The van der Waals surface area contributed by atoms with Crippen LogP contribution in [0.25, 0.3) is 0 Å². The first-order valence-electron chi connectivity index (χ1n) is 9.70. The largest absolute Gasteiger partial charge is 0.343 e. The van der Waals surface area contributed by atoms with Crippen LogP contribution in [0.1, 0.15) is 67.8 Å². The second kappa shape index (κ2) is 8.13. The van der Waals surface area contributed by atoms with Gasteiger partial charge in [-0.1, -0.05) is 37.6 Å². The molecule has 2 saturated heterocycles. The Hall–Kier alpha value is -1.68. The number of Topliss-reactive ketones (excluding diaryl/α,β-unsaturated/α-hetero) is 1. The van der Waals surface area contributed by atoms with Crippen molar-refractivity contribution in [2.75, 3.05) is 7.05 Å². The first kappa shape index (κ1) is 18.1. The van der Waals surface area contributed by atoms with E-state index in [1.165, 1.54) is 18.4 Å². The van der Waals surface area contributed by atoms with Gasteiger partial charge in [-0.15, -0.1) is 0 Å². The maximum atomic E-state index is 12.5. The van der Waals surface area contributed by atoms with Crippen LogP contribution in [0.2, 0.25) is 0 Å². The molecular weight excluding hydrogens is 312 g/mol. The van der Waals surface area contributed by atoms with Gasteiger partial charge in [0.05, 0.1) is 0 Å². The minimum absolute atomic E-state index is 0.0650. The summed E-state index contributed by atoms with van der Waals surface area (Å²) < 4.78 is 0. The Morgan fingerprint density at radius 1 is 1.08 bits per heavy atom. The molecule has 0 aromatic heterocycles. The summed E-state index contributed by atoms with van der Waals surface area (Å²) in [5.41, 5.74) is 1.98. The molecule has 4 heteroatoms. The summed E-state index contributed by atoms with van der Waals surface area (Å²) in [7, 11) is 1.90. The van der Waals surface area contributed by atoms with Crippen molar-refractivity contribution in [3.63, 3.8) is 0 Å². The number of ketones is 1. The van der Waals surface area contributed by atoms with Crippen molar-refractivity contribution >= 4 is 11.7 Å². The van der Waals surface area contributed by atoms with E-state index in [2.05, 4.69) is 12.2 Å². The predicted molar refractivity (Wildman–Crippen MR) is 99.7 cm³/mol. The maximum Gasteiger partial charge on any atom is 0.223 e. The second-order valence-electron chi connectivity index (χ2n) is 7.64. The van der Waals surface area contributed by atoms with E-state index in [0.29, 0.717) is 31.0 Å². The Kier molecular flexibility index (Phi) is 5.89. The number of nitrogens with zero attached hydrogens (tertiary/aromatic N) is 1. The summed E-state index contributed by atoms with van der Waals surface area (Å²) in [5.74, 6) is 0.164. The molecule has 2 unspecified atom stereocenters. The van der Waals surface area contributed by atoms with Gasteiger partial charge in [0.25, 0.3) is 0 Å². The van der Waals surface area contributed by atoms with Crippen LogP contribution in [0.5, 0.6) is 0 Å². The molecule has 0 spiro atoms. The Balaban J connectivity index is 1.48. The lowest BCUT2D eigenvalue weighted by Gasteiger charge is -2.35. The van der Waals surface area contributed by atoms with Crippen molar-refractivity contribution in [3.8, 4) is 0 Å². The van der Waals surface area contributed by atoms with Gasteiger partial charge < -0.3 is 10.2 Å². The summed E-state index contributed by atoms with van der Waals surface area (Å²) >= 11 is 0. The molecule has 3 rings (SSSR count). The van der Waals surface area contributed by atoms with Crippen LogP contribution in [-0.4, -0.2) is 41.8 Å². The molecular formula is C21H30N2O2. The van der Waals surface area contributed by atoms with Gasteiger partial charge in [0, 0.05) is 43.6 Å². The van der Waals surface area contributed by atoms with Gasteiger partial charge in [-0.3, -0.25) is 9.59 Å². The zero-order valence-corrected chi connectivity index (χ0v) is 15.5. The van der Waals surface area contributed by atoms with Crippen LogP contribution < -0.4 is 5.32 Å². The van der Waals surface area contributed by atoms with Crippen molar-refractivity contribution in [1.82, 2.24) is 10.2 Å². The van der Waals surface area contributed by atoms with Crippen LogP contribution in [0.15, 0.2) is 24.3 Å². The van der Waals surface area contributed by atoms with E-state index >= 15 is 0 Å². The van der Waals surface area contributed by atoms with Crippen molar-refractivity contribution < 1.29 is 9.59 Å². The van der Waals surface area contributed by atoms with E-state index in [9.17, 15) is 9.59 Å². The lowest BCUT2D eigenvalue weighted by atomic mass is 9.97. The summed E-state index contributed by atoms with van der Waals surface area (Å²) in [5, 5.41) is 3.61. The van der Waals surface area contributed by atoms with Gasteiger partial charge in [0.2, 0.25) is 5.91 Å². The third-order valence-electron chi connectivity index (χ3n) is 5.77. The summed E-state index contributed by atoms with van der Waals surface area (Å²) in [6, 6.07) is 9.31. The Morgan fingerprint density at radius 2 is 1.72 bits per heavy atom. The van der Waals surface area contributed by atoms with Gasteiger partial charge in [-0.25, -0.2) is 0 Å². The number of nitrogens with one attached hydrogen (secondary N) is 1. The number of carbonyl (C=O) groups is 2. The zero-order chi connectivity index (χ0) is 17.8. The number of hydrogen-bond donors (Lipinski definition) is 1. The first-order chi connectivity index (χ1) is 12.1. The average molecular weight is 342 g/mol. The number of amides is 1. The molecule has 0 saturated carbocycles. The zero-order valence-electron chi connectivity index (χ0n) is 15.5. The van der Waals surface area contributed by atoms with Gasteiger partial charge in [0.15, 0.2) is 5.78 Å². The maximum absolute atomic E-state index is 12.5. The molecule has 2 fully saturated rings. The number of rotatable bonds is 7. The fourth-order valence-corrected chi connectivity index (χ4v) is 4.23. The molecule has 25 heavy (non-hydrogen) atoms. The molecule has 1 N–H and O–H groups in total. The summed E-state index contributed by atoms with van der Waals surface area (Å²) in [6.07, 6.45) is 7.31. The molecule has 2 atom stereocenters. The molecule has 2 aliphatic heterocycles. The summed E-state index contributed by atoms with van der Waals surface area (Å²) in [6.45, 7) is 2.15. The minimum Gasteiger partial charge on any atom is -0.343 e. The monoisotopic (exact) mass is 342 g/mol. The highest BCUT2D eigenvalue weighted by atomic mass is 16.2. The smallest absolute Gasteiger partial charge is 0.223 e. The molecule has 2 bridgehead atoms. The van der Waals surface area contributed by atoms with Gasteiger partial charge in [-0.2, -0.15) is 0 Å². The molecule has 1 aromatic carbocycles. The lowest BCUT2D eigenvalue weighted by molar-refractivity contribution is -0.132. The van der Waals surface area contributed by atoms with Gasteiger partial charge >= 0.3 is 0 Å². The van der Waals surface area contributed by atoms with Crippen LogP contribution in [-0.2, 0) is 11.2 Å². The highest BCUT2D eigenvalue weighted by molar-refractivity contribution is 5.98. The molecule has 0 aliphatic carbocycles. The third kappa shape index (κ3) is 4.49. The van der Waals surface area contributed by atoms with E-state index in [-0.39, 0.29) is 11.7 Å². The van der Waals surface area contributed by atoms with Crippen molar-refractivity contribution in [3.05, 3.63) is 35.4 Å². The Morgan fingerprint density at radius 3 is 2.32 bits per heavy atom. The highest BCUT2D eigenvalue weighted by Gasteiger charge is 2.36. The minimum atomic E-state index is 0.0650. The van der Waals surface area contributed by atoms with E-state index in [4.69, 9.17) is 0 Å². The molecule has 2 heterocycles. The average Bonchev–Trinajstić information content (AvgIpc) is 2.97. The SMILES string of the molecule is CCCc1ccc(C(=O)CCC(=O)N(C)C2CC3CCC(C2)N3)cc1. The van der Waals surface area contributed by atoms with E-state index in [1.807, 2.05) is 36.2 Å². The standard InChI is InChI=1S/C21H30N2O2/c1-3-4-15-5-7-16(8-6-15)20(24)11-12-21(25)23(2)19-13-17-9-10-18(14-19)22-17/h5-8,17-19,22H,3-4,9-14H2,1-2H3. The molecule has 0 radical (unpaired) electrons. The quantitative estimate of drug-likeness (QED) is 0.773. The van der Waals surface area contributed by atoms with Crippen molar-refractivity contribution in [1.29, 1.82) is 0 Å². The number of fused-ring (bicyclic) bond motifs is 2.